The molecule has 0 bridgehead atoms. The maximum atomic E-state index is 14.0. The van der Waals surface area contributed by atoms with Gasteiger partial charge in [-0.3, -0.25) is 9.59 Å². The fraction of sp³-hybridized carbons (Fsp3) is 0.298. The molecule has 4 aromatic carbocycles. The van der Waals surface area contributed by atoms with E-state index in [-0.39, 0.29) is 29.9 Å². The molecule has 3 aliphatic heterocycles. The molecular formula is C47H45N9O6. The van der Waals surface area contributed by atoms with Gasteiger partial charge < -0.3 is 39.9 Å². The fourth-order valence-electron chi connectivity index (χ4n) is 9.54. The monoisotopic (exact) mass is 831 g/mol. The van der Waals surface area contributed by atoms with Crippen molar-refractivity contribution in [3.63, 3.8) is 0 Å². The van der Waals surface area contributed by atoms with Crippen LogP contribution in [0.3, 0.4) is 0 Å². The molecule has 3 aliphatic rings. The molecule has 6 heterocycles. The highest BCUT2D eigenvalue weighted by molar-refractivity contribution is 5.91. The minimum atomic E-state index is -0.888. The van der Waals surface area contributed by atoms with Crippen molar-refractivity contribution < 1.29 is 28.7 Å². The Hall–Kier alpha value is -7.29. The van der Waals surface area contributed by atoms with Crippen LogP contribution in [-0.2, 0) is 19.1 Å². The number of rotatable bonds is 8. The second-order valence-corrected chi connectivity index (χ2v) is 16.2. The molecule has 0 unspecified atom stereocenters. The smallest absolute Gasteiger partial charge is 0.407 e. The van der Waals surface area contributed by atoms with Crippen LogP contribution < -0.4 is 10.6 Å². The Morgan fingerprint density at radius 1 is 0.694 bits per heavy atom. The Morgan fingerprint density at radius 3 is 2.10 bits per heavy atom. The Morgan fingerprint density at radius 2 is 1.35 bits per heavy atom. The second kappa shape index (κ2) is 16.0. The Balaban J connectivity index is 0.863. The summed E-state index contributed by atoms with van der Waals surface area (Å²) < 4.78 is 9.60. The maximum Gasteiger partial charge on any atom is 0.407 e. The number of H-pyrrole nitrogens is 2. The van der Waals surface area contributed by atoms with Crippen molar-refractivity contribution in [3.8, 4) is 22.4 Å². The summed E-state index contributed by atoms with van der Waals surface area (Å²) in [6.07, 6.45) is 3.39. The van der Waals surface area contributed by atoms with Crippen LogP contribution in [0.5, 0.6) is 0 Å². The van der Waals surface area contributed by atoms with Crippen molar-refractivity contribution in [2.24, 2.45) is 0 Å². The first-order chi connectivity index (χ1) is 30.2. The lowest BCUT2D eigenvalue weighted by Gasteiger charge is -2.37. The minimum Gasteiger partial charge on any atom is -0.453 e. The van der Waals surface area contributed by atoms with E-state index in [1.54, 1.807) is 4.90 Å². The van der Waals surface area contributed by atoms with Crippen molar-refractivity contribution in [2.75, 3.05) is 20.8 Å². The van der Waals surface area contributed by atoms with E-state index >= 15 is 0 Å². The zero-order chi connectivity index (χ0) is 42.5. The number of methoxy groups -OCH3 is 2. The zero-order valence-electron chi connectivity index (χ0n) is 34.3. The van der Waals surface area contributed by atoms with Crippen LogP contribution in [0.15, 0.2) is 97.1 Å². The molecule has 3 aromatic heterocycles. The molecule has 7 aromatic rings. The van der Waals surface area contributed by atoms with E-state index < -0.39 is 24.3 Å². The molecule has 3 saturated heterocycles. The molecule has 3 fully saturated rings. The number of carbonyl (C=O) groups is 4. The zero-order valence-corrected chi connectivity index (χ0v) is 34.3. The number of carbonyl (C=O) groups excluding carboxylic acids is 4. The van der Waals surface area contributed by atoms with Crippen LogP contribution >= 0.6 is 0 Å². The summed E-state index contributed by atoms with van der Waals surface area (Å²) in [5, 5.41) is 6.42. The highest BCUT2D eigenvalue weighted by Crippen LogP contribution is 2.41. The normalized spacial score (nSPS) is 20.4. The van der Waals surface area contributed by atoms with E-state index in [0.29, 0.717) is 24.4 Å². The quantitative estimate of drug-likeness (QED) is 0.119. The summed E-state index contributed by atoms with van der Waals surface area (Å²) in [5.41, 5.74) is 8.70. The van der Waals surface area contributed by atoms with E-state index in [2.05, 4.69) is 57.0 Å². The number of aromatic amines is 2. The van der Waals surface area contributed by atoms with Gasteiger partial charge in [-0.25, -0.2) is 24.5 Å². The molecule has 5 atom stereocenters. The third kappa shape index (κ3) is 7.12. The summed E-state index contributed by atoms with van der Waals surface area (Å²) in [5.74, 6) is 1.14. The van der Waals surface area contributed by atoms with Gasteiger partial charge in [-0.05, 0) is 97.7 Å². The second-order valence-electron chi connectivity index (χ2n) is 16.2. The molecule has 0 aliphatic carbocycles. The van der Waals surface area contributed by atoms with Gasteiger partial charge in [0.2, 0.25) is 5.91 Å². The highest BCUT2D eigenvalue weighted by Gasteiger charge is 2.45. The molecule has 62 heavy (non-hydrogen) atoms. The molecule has 0 radical (unpaired) electrons. The van der Waals surface area contributed by atoms with Gasteiger partial charge in [0, 0.05) is 23.5 Å². The number of pyridine rings is 1. The van der Waals surface area contributed by atoms with Gasteiger partial charge in [0.25, 0.3) is 5.91 Å². The lowest BCUT2D eigenvalue weighted by Crippen LogP contribution is -2.54. The molecule has 314 valence electrons. The standard InChI is InChI=1S/C47H45N9O6/c1-61-46(59)53-36-20-14-31-15-21-40(56(31)44(36)57)43-50-35-19-13-30(25-38(35)52-43)33-17-12-29-23-27(10-16-32(29)48-33)28-11-18-34-37(24-28)51-42(49-34)39-9-6-22-55(39)45(58)41(54-47(60)62-2)26-7-4-3-5-8-26/h3-5,7-8,10-13,16-19,23-25,31,36,39-41H,6,9,14-15,20-22H2,1-2H3,(H,49,51)(H,50,52)(H,53,59)(H,54,60)/t31-,36-,39-,40-,41+/m0/s1. The number of imidazole rings is 2. The number of benzene rings is 4. The topological polar surface area (TPSA) is 188 Å². The van der Waals surface area contributed by atoms with E-state index in [1.165, 1.54) is 14.2 Å². The predicted octanol–water partition coefficient (Wildman–Crippen LogP) is 7.63. The predicted molar refractivity (Wildman–Crippen MR) is 232 cm³/mol. The molecule has 4 amide bonds. The van der Waals surface area contributed by atoms with Crippen molar-refractivity contribution in [2.45, 2.75) is 68.7 Å². The Bertz CT molecular complexity index is 2880. The lowest BCUT2D eigenvalue weighted by molar-refractivity contribution is -0.139. The first-order valence-corrected chi connectivity index (χ1v) is 21.0. The van der Waals surface area contributed by atoms with E-state index in [0.717, 1.165) is 93.3 Å². The summed E-state index contributed by atoms with van der Waals surface area (Å²) in [4.78, 5) is 77.2. The average Bonchev–Trinajstić information content (AvgIpc) is 4.13. The third-order valence-electron chi connectivity index (χ3n) is 12.6. The number of piperidine rings is 1. The number of fused-ring (bicyclic) bond motifs is 4. The van der Waals surface area contributed by atoms with Gasteiger partial charge in [-0.1, -0.05) is 54.6 Å². The van der Waals surface area contributed by atoms with E-state index in [1.807, 2.05) is 65.6 Å². The summed E-state index contributed by atoms with van der Waals surface area (Å²) in [6, 6.07) is 29.9. The molecule has 0 saturated carbocycles. The van der Waals surface area contributed by atoms with Crippen LogP contribution in [0.25, 0.3) is 55.4 Å². The Labute approximate surface area is 356 Å². The van der Waals surface area contributed by atoms with Crippen molar-refractivity contribution in [1.29, 1.82) is 0 Å². The van der Waals surface area contributed by atoms with Crippen LogP contribution in [0, 0.1) is 0 Å². The molecule has 15 heteroatoms. The molecular weight excluding hydrogens is 787 g/mol. The van der Waals surface area contributed by atoms with Gasteiger partial charge in [0.15, 0.2) is 0 Å². The van der Waals surface area contributed by atoms with Crippen molar-refractivity contribution >= 4 is 57.0 Å². The first-order valence-electron chi connectivity index (χ1n) is 21.0. The molecule has 10 rings (SSSR count). The number of hydrogen-bond donors (Lipinski definition) is 4. The van der Waals surface area contributed by atoms with Gasteiger partial charge in [0.05, 0.1) is 59.6 Å². The number of nitrogens with one attached hydrogen (secondary N) is 4. The number of hydrogen-bond acceptors (Lipinski definition) is 9. The summed E-state index contributed by atoms with van der Waals surface area (Å²) >= 11 is 0. The Kier molecular flexibility index (Phi) is 10.0. The van der Waals surface area contributed by atoms with Gasteiger partial charge in [-0.2, -0.15) is 0 Å². The van der Waals surface area contributed by atoms with E-state index in [9.17, 15) is 19.2 Å². The van der Waals surface area contributed by atoms with Gasteiger partial charge >= 0.3 is 12.2 Å². The van der Waals surface area contributed by atoms with Crippen LogP contribution in [-0.4, -0.2) is 91.6 Å². The number of alkyl carbamates (subject to hydrolysis) is 2. The fourth-order valence-corrected chi connectivity index (χ4v) is 9.54. The van der Waals surface area contributed by atoms with Crippen LogP contribution in [0.4, 0.5) is 9.59 Å². The highest BCUT2D eigenvalue weighted by atomic mass is 16.5. The maximum absolute atomic E-state index is 14.0. The number of amides is 4. The largest absolute Gasteiger partial charge is 0.453 e. The van der Waals surface area contributed by atoms with Crippen LogP contribution in [0.1, 0.15) is 73.9 Å². The SMILES string of the molecule is COC(=O)N[C@H]1CC[C@H]2CC[C@@H](c3nc4ccc(-c5ccc6cc(-c7ccc8nc([C@@H]9CCCN9C(=O)[C@H](NC(=O)OC)c9ccccc9)[nH]c8c7)ccc6n5)cc4[nH]3)N2C1=O. The number of ether oxygens (including phenoxy) is 2. The van der Waals surface area contributed by atoms with Gasteiger partial charge in [-0.15, -0.1) is 0 Å². The number of nitrogens with zero attached hydrogens (tertiary/aromatic N) is 5. The lowest BCUT2D eigenvalue weighted by atomic mass is 9.98. The van der Waals surface area contributed by atoms with E-state index in [4.69, 9.17) is 24.4 Å². The summed E-state index contributed by atoms with van der Waals surface area (Å²) in [7, 11) is 2.58. The summed E-state index contributed by atoms with van der Waals surface area (Å²) in [6.45, 7) is 0.548. The van der Waals surface area contributed by atoms with Crippen molar-refractivity contribution in [3.05, 3.63) is 114 Å². The first kappa shape index (κ1) is 38.9. The van der Waals surface area contributed by atoms with Crippen LogP contribution in [0.2, 0.25) is 0 Å². The molecule has 15 nitrogen and oxygen atoms in total. The number of aromatic nitrogens is 5. The molecule has 4 N–H and O–H groups in total. The van der Waals surface area contributed by atoms with Crippen molar-refractivity contribution in [1.82, 2.24) is 45.4 Å². The third-order valence-corrected chi connectivity index (χ3v) is 12.6. The average molecular weight is 832 g/mol. The number of likely N-dealkylation sites (tertiary alicyclic amines) is 1. The van der Waals surface area contributed by atoms with Gasteiger partial charge in [0.1, 0.15) is 23.7 Å². The minimum absolute atomic E-state index is 0.0959. The molecule has 0 spiro atoms.